The van der Waals surface area contributed by atoms with Crippen molar-refractivity contribution in [3.63, 3.8) is 0 Å². The molecule has 4 unspecified atom stereocenters. The van der Waals surface area contributed by atoms with Gasteiger partial charge in [0.1, 0.15) is 60.3 Å². The number of nitrogens with zero attached hydrogens (tertiary/aromatic N) is 8. The molecule has 0 saturated carbocycles. The molecule has 2 saturated heterocycles. The quantitative estimate of drug-likeness (QED) is 0.0793. The lowest BCUT2D eigenvalue weighted by Gasteiger charge is -2.23. The zero-order chi connectivity index (χ0) is 32.3. The van der Waals surface area contributed by atoms with Gasteiger partial charge in [-0.3, -0.25) is 18.2 Å². The molecule has 2 aliphatic heterocycles. The van der Waals surface area contributed by atoms with Crippen molar-refractivity contribution in [3.8, 4) is 0 Å². The number of rotatable bonds is 10. The van der Waals surface area contributed by atoms with Crippen molar-refractivity contribution in [2.24, 2.45) is 0 Å². The fraction of sp³-hybridized carbons (Fsp3) is 0.500. The summed E-state index contributed by atoms with van der Waals surface area (Å²) in [6.45, 7) is -1.76. The molecule has 0 spiro atoms. The summed E-state index contributed by atoms with van der Waals surface area (Å²) in [5.41, 5.74) is 12.3. The van der Waals surface area contributed by atoms with Crippen LogP contribution < -0.4 is 11.5 Å². The first-order chi connectivity index (χ1) is 21.3. The number of hydrogen-bond acceptors (Lipinski definition) is 19. The molecule has 4 aromatic heterocycles. The maximum Gasteiger partial charge on any atom is 0.483 e. The van der Waals surface area contributed by atoms with E-state index in [4.69, 9.17) is 30.0 Å². The SMILES string of the molecule is Nc1ncnc2c1ncn2[C@@H]1O[C@H](COP(=O)(OC[C@H]2O[C@@H](n3cnc4c(N)ncnc43)C(O)C2O)OP(=O)(O)O)C(O)C1O. The van der Waals surface area contributed by atoms with Gasteiger partial charge in [-0.05, 0) is 0 Å². The molecule has 23 nitrogen and oxygen atoms in total. The topological polar surface area (TPSA) is 341 Å². The number of nitrogens with two attached hydrogens (primary N) is 2. The Kier molecular flexibility index (Phi) is 8.33. The molecule has 2 aliphatic rings. The number of anilines is 2. The summed E-state index contributed by atoms with van der Waals surface area (Å²) in [7, 11) is -10.7. The Bertz CT molecular complexity index is 1690. The van der Waals surface area contributed by atoms with Gasteiger partial charge in [-0.25, -0.2) is 39.0 Å². The first-order valence-corrected chi connectivity index (χ1v) is 15.8. The Labute approximate surface area is 250 Å². The van der Waals surface area contributed by atoms with E-state index in [2.05, 4.69) is 34.2 Å². The lowest BCUT2D eigenvalue weighted by atomic mass is 10.1. The van der Waals surface area contributed by atoms with Crippen LogP contribution in [0.1, 0.15) is 12.5 Å². The van der Waals surface area contributed by atoms with E-state index in [0.717, 1.165) is 12.7 Å². The van der Waals surface area contributed by atoms with Gasteiger partial charge in [-0.1, -0.05) is 0 Å². The van der Waals surface area contributed by atoms with Crippen LogP contribution in [0, 0.1) is 0 Å². The standard InChI is InChI=1S/C20H26N10O13P2/c21-15-9-17(25-3-23-15)29(5-27-9)19-13(33)11(31)7(41-19)1-39-45(38,43-44(35,36)37)40-2-8-12(32)14(34)20(42-8)30-6-28-10-16(22)24-4-26-18(10)30/h3-8,11-14,19-20,31-34H,1-2H2,(H2,21,23,25)(H2,22,24,26)(H2,35,36,37)/t7-,8-,11?,12?,13?,14?,19-,20-,45?/m1/s1. The van der Waals surface area contributed by atoms with Crippen LogP contribution >= 0.6 is 15.6 Å². The smallest absolute Gasteiger partial charge is 0.387 e. The lowest BCUT2D eigenvalue weighted by molar-refractivity contribution is -0.0607. The molecule has 0 amide bonds. The Balaban J connectivity index is 1.14. The van der Waals surface area contributed by atoms with Crippen LogP contribution in [0.25, 0.3) is 22.3 Å². The monoisotopic (exact) mass is 676 g/mol. The van der Waals surface area contributed by atoms with Gasteiger partial charge >= 0.3 is 15.6 Å². The van der Waals surface area contributed by atoms with Crippen LogP contribution in [-0.2, 0) is 32.0 Å². The van der Waals surface area contributed by atoms with Crippen molar-refractivity contribution >= 4 is 49.6 Å². The second-order valence-corrected chi connectivity index (χ2v) is 12.9. The Hall–Kier alpha value is -3.28. The third kappa shape index (κ3) is 6.02. The fourth-order valence-electron chi connectivity index (χ4n) is 4.85. The second kappa shape index (κ2) is 11.8. The first-order valence-electron chi connectivity index (χ1n) is 12.8. The number of nitrogen functional groups attached to an aromatic ring is 2. The number of imidazole rings is 2. The van der Waals surface area contributed by atoms with E-state index >= 15 is 0 Å². The normalized spacial score (nSPS) is 30.4. The fourth-order valence-corrected chi connectivity index (χ4v) is 7.00. The molecule has 45 heavy (non-hydrogen) atoms. The van der Waals surface area contributed by atoms with Gasteiger partial charge in [0, 0.05) is 0 Å². The van der Waals surface area contributed by atoms with Crippen LogP contribution in [0.5, 0.6) is 0 Å². The molecule has 0 aromatic carbocycles. The number of fused-ring (bicyclic) bond motifs is 2. The molecular formula is C20H26N10O13P2. The van der Waals surface area contributed by atoms with E-state index in [1.165, 1.54) is 21.8 Å². The molecule has 244 valence electrons. The average Bonchev–Trinajstić information content (AvgIpc) is 3.73. The zero-order valence-electron chi connectivity index (χ0n) is 22.5. The van der Waals surface area contributed by atoms with Gasteiger partial charge < -0.3 is 51.2 Å². The van der Waals surface area contributed by atoms with Gasteiger partial charge in [-0.2, -0.15) is 4.31 Å². The molecule has 0 bridgehead atoms. The molecule has 4 aromatic rings. The van der Waals surface area contributed by atoms with Crippen molar-refractivity contribution in [1.29, 1.82) is 0 Å². The molecule has 10 N–H and O–H groups in total. The summed E-state index contributed by atoms with van der Waals surface area (Å²) < 4.78 is 53.2. The molecule has 2 fully saturated rings. The molecule has 0 aliphatic carbocycles. The van der Waals surface area contributed by atoms with Gasteiger partial charge in [-0.15, -0.1) is 0 Å². The summed E-state index contributed by atoms with van der Waals surface area (Å²) in [4.78, 5) is 42.5. The van der Waals surface area contributed by atoms with Crippen LogP contribution in [-0.4, -0.2) is 119 Å². The largest absolute Gasteiger partial charge is 0.483 e. The molecule has 8 atom stereocenters. The highest BCUT2D eigenvalue weighted by molar-refractivity contribution is 7.61. The van der Waals surface area contributed by atoms with Gasteiger partial charge in [0.2, 0.25) is 0 Å². The minimum Gasteiger partial charge on any atom is -0.387 e. The van der Waals surface area contributed by atoms with Crippen molar-refractivity contribution in [2.45, 2.75) is 49.1 Å². The van der Waals surface area contributed by atoms with Gasteiger partial charge in [0.15, 0.2) is 35.4 Å². The van der Waals surface area contributed by atoms with Crippen LogP contribution in [0.3, 0.4) is 0 Å². The van der Waals surface area contributed by atoms with Crippen molar-refractivity contribution < 1.29 is 62.2 Å². The van der Waals surface area contributed by atoms with Crippen LogP contribution in [0.4, 0.5) is 11.6 Å². The number of aliphatic hydroxyl groups is 4. The molecule has 6 heterocycles. The van der Waals surface area contributed by atoms with Gasteiger partial charge in [0.25, 0.3) is 0 Å². The minimum atomic E-state index is -5.53. The Morgan fingerprint density at radius 2 is 1.13 bits per heavy atom. The average molecular weight is 676 g/mol. The summed E-state index contributed by atoms with van der Waals surface area (Å²) >= 11 is 0. The summed E-state index contributed by atoms with van der Waals surface area (Å²) in [6, 6.07) is 0. The maximum absolute atomic E-state index is 13.3. The number of hydrogen-bond donors (Lipinski definition) is 8. The third-order valence-electron chi connectivity index (χ3n) is 7.00. The van der Waals surface area contributed by atoms with E-state index in [-0.39, 0.29) is 34.0 Å². The Morgan fingerprint density at radius 1 is 0.711 bits per heavy atom. The predicted molar refractivity (Wildman–Crippen MR) is 144 cm³/mol. The lowest BCUT2D eigenvalue weighted by Crippen LogP contribution is -2.34. The van der Waals surface area contributed by atoms with E-state index < -0.39 is 77.9 Å². The molecular weight excluding hydrogens is 650 g/mol. The molecule has 25 heteroatoms. The highest BCUT2D eigenvalue weighted by Gasteiger charge is 2.49. The Morgan fingerprint density at radius 3 is 1.53 bits per heavy atom. The first kappa shape index (κ1) is 31.7. The highest BCUT2D eigenvalue weighted by atomic mass is 31.3. The van der Waals surface area contributed by atoms with Crippen molar-refractivity contribution in [1.82, 2.24) is 39.0 Å². The number of phosphoric ester groups is 1. The summed E-state index contributed by atoms with van der Waals surface area (Å²) in [6.07, 6.45) is -7.27. The number of aromatic nitrogens is 8. The summed E-state index contributed by atoms with van der Waals surface area (Å²) in [5, 5.41) is 42.4. The van der Waals surface area contributed by atoms with E-state index in [0.29, 0.717) is 0 Å². The number of ether oxygens (including phenoxy) is 2. The minimum absolute atomic E-state index is 0.0478. The number of phosphoric acid groups is 2. The van der Waals surface area contributed by atoms with Crippen molar-refractivity contribution in [3.05, 3.63) is 25.3 Å². The summed E-state index contributed by atoms with van der Waals surface area (Å²) in [5.74, 6) is 0.0955. The molecule has 6 rings (SSSR count). The third-order valence-corrected chi connectivity index (χ3v) is 9.58. The highest BCUT2D eigenvalue weighted by Crippen LogP contribution is 2.61. The van der Waals surface area contributed by atoms with Crippen molar-refractivity contribution in [2.75, 3.05) is 24.7 Å². The van der Waals surface area contributed by atoms with E-state index in [1.807, 2.05) is 0 Å². The van der Waals surface area contributed by atoms with E-state index in [1.54, 1.807) is 0 Å². The number of aliphatic hydroxyl groups excluding tert-OH is 4. The van der Waals surface area contributed by atoms with Gasteiger partial charge in [0.05, 0.1) is 25.9 Å². The zero-order valence-corrected chi connectivity index (χ0v) is 24.3. The predicted octanol–water partition coefficient (Wildman–Crippen LogP) is -2.68. The molecule has 0 radical (unpaired) electrons. The van der Waals surface area contributed by atoms with Crippen LogP contribution in [0.2, 0.25) is 0 Å². The second-order valence-electron chi connectivity index (χ2n) is 9.87. The van der Waals surface area contributed by atoms with Crippen LogP contribution in [0.15, 0.2) is 25.3 Å². The maximum atomic E-state index is 13.3. The van der Waals surface area contributed by atoms with E-state index in [9.17, 15) is 39.3 Å².